The fourth-order valence-electron chi connectivity index (χ4n) is 1.84. The summed E-state index contributed by atoms with van der Waals surface area (Å²) in [6.07, 6.45) is 6.89. The first-order chi connectivity index (χ1) is 7.13. The van der Waals surface area contributed by atoms with E-state index in [0.29, 0.717) is 0 Å². The van der Waals surface area contributed by atoms with Crippen LogP contribution in [0.5, 0.6) is 0 Å². The topological polar surface area (TPSA) is 12.9 Å². The summed E-state index contributed by atoms with van der Waals surface area (Å²) in [6.45, 7) is 8.94. The second-order valence-corrected chi connectivity index (χ2v) is 5.45. The average Bonchev–Trinajstić information content (AvgIpc) is 2.60. The summed E-state index contributed by atoms with van der Waals surface area (Å²) in [5.41, 5.74) is 1.92. The van der Waals surface area contributed by atoms with Crippen molar-refractivity contribution >= 4 is 23.5 Å². The van der Waals surface area contributed by atoms with Crippen LogP contribution in [0.15, 0.2) is 5.51 Å². The summed E-state index contributed by atoms with van der Waals surface area (Å²) in [7, 11) is 0. The molecule has 1 aromatic heterocycles. The third-order valence-electron chi connectivity index (χ3n) is 2.48. The molecule has 0 saturated carbocycles. The highest BCUT2D eigenvalue weighted by Gasteiger charge is 2.02. The molecule has 0 fully saturated rings. The molecule has 0 saturated heterocycles. The Morgan fingerprint density at radius 3 is 2.73 bits per heavy atom. The monoisotopic (exact) mass is 223 g/mol. The molecule has 1 rings (SSSR count). The van der Waals surface area contributed by atoms with Crippen molar-refractivity contribution in [3.8, 4) is 0 Å². The van der Waals surface area contributed by atoms with Gasteiger partial charge in [-0.05, 0) is 31.6 Å². The van der Waals surface area contributed by atoms with Gasteiger partial charge in [0.1, 0.15) is 0 Å². The average molecular weight is 223 g/mol. The van der Waals surface area contributed by atoms with Crippen LogP contribution in [0.4, 0.5) is 0 Å². The molecular weight excluding hydrogens is 202 g/mol. The molecule has 2 heteroatoms. The van der Waals surface area contributed by atoms with E-state index in [0.717, 1.165) is 17.2 Å². The van der Waals surface area contributed by atoms with Crippen LogP contribution >= 0.6 is 11.3 Å². The Kier molecular flexibility index (Phi) is 5.03. The lowest BCUT2D eigenvalue weighted by molar-refractivity contribution is 0.449. The van der Waals surface area contributed by atoms with E-state index in [1.165, 1.54) is 17.4 Å². The minimum absolute atomic E-state index is 0.775. The van der Waals surface area contributed by atoms with Gasteiger partial charge in [0.15, 0.2) is 0 Å². The zero-order valence-electron chi connectivity index (χ0n) is 10.2. The van der Waals surface area contributed by atoms with Crippen LogP contribution in [-0.4, -0.2) is 4.98 Å². The molecule has 1 aromatic rings. The second kappa shape index (κ2) is 6.06. The lowest BCUT2D eigenvalue weighted by Crippen LogP contribution is -2.20. The van der Waals surface area contributed by atoms with E-state index in [1.54, 1.807) is 11.3 Å². The summed E-state index contributed by atoms with van der Waals surface area (Å²) in [5, 5.41) is 1.14. The summed E-state index contributed by atoms with van der Waals surface area (Å²) >= 11 is 1.74. The van der Waals surface area contributed by atoms with Gasteiger partial charge in [-0.25, -0.2) is 4.98 Å². The Morgan fingerprint density at radius 2 is 2.13 bits per heavy atom. The lowest BCUT2D eigenvalue weighted by atomic mass is 9.96. The molecule has 0 aliphatic rings. The zero-order valence-corrected chi connectivity index (χ0v) is 11.0. The molecule has 0 bridgehead atoms. The number of nitrogens with zero attached hydrogens (tertiary/aromatic N) is 1. The van der Waals surface area contributed by atoms with Gasteiger partial charge < -0.3 is 0 Å². The molecule has 15 heavy (non-hydrogen) atoms. The molecule has 0 N–H and O–H groups in total. The molecule has 0 amide bonds. The van der Waals surface area contributed by atoms with E-state index in [2.05, 4.69) is 37.9 Å². The van der Waals surface area contributed by atoms with E-state index >= 15 is 0 Å². The van der Waals surface area contributed by atoms with Gasteiger partial charge in [-0.1, -0.05) is 32.9 Å². The van der Waals surface area contributed by atoms with Crippen molar-refractivity contribution in [3.63, 3.8) is 0 Å². The predicted octanol–water partition coefficient (Wildman–Crippen LogP) is 2.80. The molecule has 1 heterocycles. The van der Waals surface area contributed by atoms with Crippen LogP contribution in [-0.2, 0) is 0 Å². The van der Waals surface area contributed by atoms with E-state index < -0.39 is 0 Å². The van der Waals surface area contributed by atoms with Gasteiger partial charge in [0.05, 0.1) is 10.9 Å². The maximum Gasteiger partial charge on any atom is 0.0805 e. The van der Waals surface area contributed by atoms with Crippen LogP contribution in [0.2, 0.25) is 0 Å². The molecule has 1 unspecified atom stereocenters. The van der Waals surface area contributed by atoms with E-state index in [-0.39, 0.29) is 0 Å². The van der Waals surface area contributed by atoms with E-state index in [1.807, 2.05) is 12.4 Å². The standard InChI is InChI=1S/C13H21NS/c1-5-12-13(15-9-14-12)7-6-11(4)8-10(2)3/h5,7,9-11H,6,8H2,1-4H3/b12-5+,13-7+. The smallest absolute Gasteiger partial charge is 0.0805 e. The van der Waals surface area contributed by atoms with Crippen LogP contribution in [0.1, 0.15) is 40.5 Å². The Bertz CT molecular complexity index is 389. The van der Waals surface area contributed by atoms with Crippen molar-refractivity contribution in [1.29, 1.82) is 0 Å². The molecule has 0 aliphatic carbocycles. The Hall–Kier alpha value is -0.630. The SMILES string of the molecule is C/C=c1/ncs/c1=C/CC(C)CC(C)C. The Morgan fingerprint density at radius 1 is 1.40 bits per heavy atom. The van der Waals surface area contributed by atoms with Gasteiger partial charge in [0.2, 0.25) is 0 Å². The highest BCUT2D eigenvalue weighted by atomic mass is 32.1. The number of thiazole rings is 1. The van der Waals surface area contributed by atoms with Gasteiger partial charge in [-0.3, -0.25) is 0 Å². The molecule has 1 nitrogen and oxygen atoms in total. The van der Waals surface area contributed by atoms with Gasteiger partial charge in [0, 0.05) is 4.53 Å². The quantitative estimate of drug-likeness (QED) is 0.765. The number of hydrogen-bond acceptors (Lipinski definition) is 2. The van der Waals surface area contributed by atoms with Crippen molar-refractivity contribution in [1.82, 2.24) is 4.98 Å². The Labute approximate surface area is 96.6 Å². The lowest BCUT2D eigenvalue weighted by Gasteiger charge is -2.10. The molecule has 84 valence electrons. The minimum atomic E-state index is 0.775. The fraction of sp³-hybridized carbons (Fsp3) is 0.615. The first-order valence-corrected chi connectivity index (χ1v) is 6.57. The predicted molar refractivity (Wildman–Crippen MR) is 69.2 cm³/mol. The van der Waals surface area contributed by atoms with Crippen molar-refractivity contribution in [2.24, 2.45) is 11.8 Å². The summed E-state index contributed by atoms with van der Waals surface area (Å²) in [6, 6.07) is 0. The van der Waals surface area contributed by atoms with Crippen molar-refractivity contribution in [3.05, 3.63) is 15.4 Å². The highest BCUT2D eigenvalue weighted by molar-refractivity contribution is 7.07. The first-order valence-electron chi connectivity index (χ1n) is 5.69. The maximum absolute atomic E-state index is 4.31. The summed E-state index contributed by atoms with van der Waals surface area (Å²) in [4.78, 5) is 4.31. The summed E-state index contributed by atoms with van der Waals surface area (Å²) in [5.74, 6) is 1.57. The van der Waals surface area contributed by atoms with Gasteiger partial charge in [0.25, 0.3) is 0 Å². The third kappa shape index (κ3) is 4.17. The zero-order chi connectivity index (χ0) is 11.3. The van der Waals surface area contributed by atoms with Gasteiger partial charge in [-0.2, -0.15) is 0 Å². The third-order valence-corrected chi connectivity index (χ3v) is 3.32. The molecule has 1 atom stereocenters. The molecular formula is C13H21NS. The van der Waals surface area contributed by atoms with Crippen LogP contribution in [0, 0.1) is 11.8 Å². The van der Waals surface area contributed by atoms with Crippen molar-refractivity contribution in [2.75, 3.05) is 0 Å². The highest BCUT2D eigenvalue weighted by Crippen LogP contribution is 2.14. The largest absolute Gasteiger partial charge is 0.245 e. The van der Waals surface area contributed by atoms with Crippen molar-refractivity contribution in [2.45, 2.75) is 40.5 Å². The molecule has 0 aliphatic heterocycles. The van der Waals surface area contributed by atoms with Crippen LogP contribution in [0.25, 0.3) is 12.2 Å². The molecule has 0 spiro atoms. The number of aromatic nitrogens is 1. The summed E-state index contributed by atoms with van der Waals surface area (Å²) < 4.78 is 1.33. The number of hydrogen-bond donors (Lipinski definition) is 0. The maximum atomic E-state index is 4.31. The Balaban J connectivity index is 2.66. The van der Waals surface area contributed by atoms with Gasteiger partial charge >= 0.3 is 0 Å². The van der Waals surface area contributed by atoms with E-state index in [9.17, 15) is 0 Å². The normalized spacial score (nSPS) is 16.3. The van der Waals surface area contributed by atoms with Crippen LogP contribution in [0.3, 0.4) is 0 Å². The molecule has 0 radical (unpaired) electrons. The second-order valence-electron chi connectivity index (χ2n) is 4.57. The first kappa shape index (κ1) is 12.4. The van der Waals surface area contributed by atoms with Crippen molar-refractivity contribution < 1.29 is 0 Å². The van der Waals surface area contributed by atoms with Gasteiger partial charge in [-0.15, -0.1) is 11.3 Å². The van der Waals surface area contributed by atoms with E-state index in [4.69, 9.17) is 0 Å². The fourth-order valence-corrected chi connectivity index (χ4v) is 2.61. The molecule has 0 aromatic carbocycles. The number of rotatable bonds is 4. The van der Waals surface area contributed by atoms with Crippen LogP contribution < -0.4 is 9.88 Å². The minimum Gasteiger partial charge on any atom is -0.245 e.